The minimum atomic E-state index is -0.203. The molecule has 1 aliphatic rings. The molecule has 3 nitrogen and oxygen atoms in total. The monoisotopic (exact) mass is 287 g/mol. The summed E-state index contributed by atoms with van der Waals surface area (Å²) in [6.45, 7) is 1.53. The first kappa shape index (κ1) is 13.9. The third kappa shape index (κ3) is 3.00. The van der Waals surface area contributed by atoms with Crippen LogP contribution < -0.4 is 15.2 Å². The van der Waals surface area contributed by atoms with Gasteiger partial charge in [-0.1, -0.05) is 24.3 Å². The third-order valence-corrected chi connectivity index (χ3v) is 3.72. The van der Waals surface area contributed by atoms with Crippen molar-refractivity contribution in [1.29, 1.82) is 0 Å². The standard InChI is InChI=1S/C17H18FNO2/c18-15-4-2-1-3-14(15)13(11-19)9-12-5-6-16-17(10-12)21-8-7-20-16/h1-6,10,13H,7-9,11,19H2. The van der Waals surface area contributed by atoms with Gasteiger partial charge >= 0.3 is 0 Å². The highest BCUT2D eigenvalue weighted by Gasteiger charge is 2.17. The lowest BCUT2D eigenvalue weighted by Crippen LogP contribution is -2.17. The Labute approximate surface area is 123 Å². The van der Waals surface area contributed by atoms with Crippen molar-refractivity contribution in [3.8, 4) is 11.5 Å². The van der Waals surface area contributed by atoms with Crippen LogP contribution in [0.5, 0.6) is 11.5 Å². The number of benzene rings is 2. The molecule has 2 N–H and O–H groups in total. The molecule has 1 heterocycles. The van der Waals surface area contributed by atoms with E-state index in [4.69, 9.17) is 15.2 Å². The summed E-state index contributed by atoms with van der Waals surface area (Å²) in [4.78, 5) is 0. The van der Waals surface area contributed by atoms with Crippen LogP contribution in [0.2, 0.25) is 0 Å². The van der Waals surface area contributed by atoms with Gasteiger partial charge < -0.3 is 15.2 Å². The Hall–Kier alpha value is -2.07. The minimum absolute atomic E-state index is 0.0474. The maximum Gasteiger partial charge on any atom is 0.161 e. The summed E-state index contributed by atoms with van der Waals surface area (Å²) in [5, 5.41) is 0. The van der Waals surface area contributed by atoms with Crippen molar-refractivity contribution in [2.24, 2.45) is 5.73 Å². The number of hydrogen-bond acceptors (Lipinski definition) is 3. The molecular weight excluding hydrogens is 269 g/mol. The van der Waals surface area contributed by atoms with E-state index >= 15 is 0 Å². The van der Waals surface area contributed by atoms with E-state index in [1.165, 1.54) is 6.07 Å². The predicted molar refractivity (Wildman–Crippen MR) is 79.3 cm³/mol. The fraction of sp³-hybridized carbons (Fsp3) is 0.294. The second-order valence-corrected chi connectivity index (χ2v) is 5.14. The summed E-state index contributed by atoms with van der Waals surface area (Å²) in [7, 11) is 0. The Morgan fingerprint density at radius 2 is 1.81 bits per heavy atom. The highest BCUT2D eigenvalue weighted by atomic mass is 19.1. The molecule has 2 aromatic carbocycles. The molecule has 0 radical (unpaired) electrons. The van der Waals surface area contributed by atoms with Crippen molar-refractivity contribution in [3.05, 3.63) is 59.4 Å². The zero-order valence-electron chi connectivity index (χ0n) is 11.7. The molecule has 0 amide bonds. The molecule has 0 saturated carbocycles. The number of nitrogens with two attached hydrogens (primary N) is 1. The van der Waals surface area contributed by atoms with Crippen LogP contribution in [0.3, 0.4) is 0 Å². The van der Waals surface area contributed by atoms with Crippen molar-refractivity contribution in [3.63, 3.8) is 0 Å². The fourth-order valence-corrected chi connectivity index (χ4v) is 2.63. The van der Waals surface area contributed by atoms with Gasteiger partial charge in [0.25, 0.3) is 0 Å². The van der Waals surface area contributed by atoms with E-state index in [1.807, 2.05) is 24.3 Å². The Balaban J connectivity index is 1.83. The second kappa shape index (κ2) is 6.14. The van der Waals surface area contributed by atoms with Crippen LogP contribution in [0, 0.1) is 5.82 Å². The molecule has 0 fully saturated rings. The fourth-order valence-electron chi connectivity index (χ4n) is 2.63. The minimum Gasteiger partial charge on any atom is -0.486 e. The lowest BCUT2D eigenvalue weighted by Gasteiger charge is -2.20. The van der Waals surface area contributed by atoms with E-state index in [2.05, 4.69) is 0 Å². The number of ether oxygens (including phenoxy) is 2. The molecule has 3 rings (SSSR count). The first-order valence-corrected chi connectivity index (χ1v) is 7.11. The molecular formula is C17H18FNO2. The quantitative estimate of drug-likeness (QED) is 0.940. The molecule has 21 heavy (non-hydrogen) atoms. The smallest absolute Gasteiger partial charge is 0.161 e. The molecule has 1 atom stereocenters. The van der Waals surface area contributed by atoms with E-state index in [0.717, 1.165) is 17.1 Å². The Morgan fingerprint density at radius 1 is 1.05 bits per heavy atom. The predicted octanol–water partition coefficient (Wildman–Crippen LogP) is 2.88. The molecule has 110 valence electrons. The Kier molecular flexibility index (Phi) is 4.06. The second-order valence-electron chi connectivity index (χ2n) is 5.14. The number of halogens is 1. The summed E-state index contributed by atoms with van der Waals surface area (Å²) < 4.78 is 25.0. The number of hydrogen-bond donors (Lipinski definition) is 1. The van der Waals surface area contributed by atoms with Gasteiger partial charge in [-0.05, 0) is 42.3 Å². The zero-order valence-corrected chi connectivity index (χ0v) is 11.7. The van der Waals surface area contributed by atoms with Gasteiger partial charge in [0.1, 0.15) is 19.0 Å². The van der Waals surface area contributed by atoms with Crippen LogP contribution >= 0.6 is 0 Å². The molecule has 1 aliphatic heterocycles. The molecule has 2 aromatic rings. The van der Waals surface area contributed by atoms with E-state index in [1.54, 1.807) is 12.1 Å². The summed E-state index contributed by atoms with van der Waals surface area (Å²) in [5.74, 6) is 1.27. The molecule has 0 aromatic heterocycles. The number of rotatable bonds is 4. The van der Waals surface area contributed by atoms with Crippen molar-refractivity contribution < 1.29 is 13.9 Å². The maximum absolute atomic E-state index is 13.9. The van der Waals surface area contributed by atoms with Gasteiger partial charge in [-0.2, -0.15) is 0 Å². The highest BCUT2D eigenvalue weighted by molar-refractivity contribution is 5.44. The lowest BCUT2D eigenvalue weighted by atomic mass is 9.91. The molecule has 0 spiro atoms. The first-order valence-electron chi connectivity index (χ1n) is 7.11. The van der Waals surface area contributed by atoms with Gasteiger partial charge in [0, 0.05) is 5.92 Å². The van der Waals surface area contributed by atoms with Gasteiger partial charge in [-0.25, -0.2) is 4.39 Å². The van der Waals surface area contributed by atoms with Gasteiger partial charge in [0.05, 0.1) is 0 Å². The van der Waals surface area contributed by atoms with Crippen molar-refractivity contribution in [1.82, 2.24) is 0 Å². The molecule has 0 aliphatic carbocycles. The summed E-state index contributed by atoms with van der Waals surface area (Å²) >= 11 is 0. The van der Waals surface area contributed by atoms with E-state index < -0.39 is 0 Å². The van der Waals surface area contributed by atoms with Crippen LogP contribution in [-0.4, -0.2) is 19.8 Å². The molecule has 4 heteroatoms. The van der Waals surface area contributed by atoms with Gasteiger partial charge in [-0.3, -0.25) is 0 Å². The Bertz CT molecular complexity index is 630. The third-order valence-electron chi connectivity index (χ3n) is 3.72. The first-order chi connectivity index (χ1) is 10.3. The van der Waals surface area contributed by atoms with E-state index in [-0.39, 0.29) is 11.7 Å². The van der Waals surface area contributed by atoms with Gasteiger partial charge in [0.15, 0.2) is 11.5 Å². The van der Waals surface area contributed by atoms with Gasteiger partial charge in [0.2, 0.25) is 0 Å². The van der Waals surface area contributed by atoms with E-state index in [0.29, 0.717) is 31.7 Å². The molecule has 0 saturated heterocycles. The maximum atomic E-state index is 13.9. The normalized spacial score (nSPS) is 14.8. The van der Waals surface area contributed by atoms with Crippen LogP contribution in [-0.2, 0) is 6.42 Å². The molecule has 1 unspecified atom stereocenters. The van der Waals surface area contributed by atoms with Crippen LogP contribution in [0.1, 0.15) is 17.0 Å². The molecule has 0 bridgehead atoms. The van der Waals surface area contributed by atoms with E-state index in [9.17, 15) is 4.39 Å². The van der Waals surface area contributed by atoms with Crippen LogP contribution in [0.4, 0.5) is 4.39 Å². The largest absolute Gasteiger partial charge is 0.486 e. The summed E-state index contributed by atoms with van der Waals surface area (Å²) in [5.41, 5.74) is 7.57. The lowest BCUT2D eigenvalue weighted by molar-refractivity contribution is 0.171. The van der Waals surface area contributed by atoms with Crippen molar-refractivity contribution in [2.45, 2.75) is 12.3 Å². The zero-order chi connectivity index (χ0) is 14.7. The highest BCUT2D eigenvalue weighted by Crippen LogP contribution is 2.32. The van der Waals surface area contributed by atoms with Crippen molar-refractivity contribution >= 4 is 0 Å². The van der Waals surface area contributed by atoms with Crippen molar-refractivity contribution in [2.75, 3.05) is 19.8 Å². The average Bonchev–Trinajstić information content (AvgIpc) is 2.53. The summed E-state index contributed by atoms with van der Waals surface area (Å²) in [6.07, 6.45) is 0.675. The number of fused-ring (bicyclic) bond motifs is 1. The average molecular weight is 287 g/mol. The summed E-state index contributed by atoms with van der Waals surface area (Å²) in [6, 6.07) is 12.6. The SMILES string of the molecule is NCC(Cc1ccc2c(c1)OCCO2)c1ccccc1F. The van der Waals surface area contributed by atoms with Crippen LogP contribution in [0.25, 0.3) is 0 Å². The Morgan fingerprint density at radius 3 is 2.57 bits per heavy atom. The topological polar surface area (TPSA) is 44.5 Å². The van der Waals surface area contributed by atoms with Crippen LogP contribution in [0.15, 0.2) is 42.5 Å². The van der Waals surface area contributed by atoms with Gasteiger partial charge in [-0.15, -0.1) is 0 Å².